The number of halogens is 3. The molecule has 0 spiro atoms. The number of hydrogen-bond donors (Lipinski definition) is 2. The maximum atomic E-state index is 12.6. The molecule has 1 unspecified atom stereocenters. The fraction of sp³-hybridized carbons (Fsp3) is 0.688. The largest absolute Gasteiger partial charge is 0.511 e. The van der Waals surface area contributed by atoms with E-state index >= 15 is 0 Å². The van der Waals surface area contributed by atoms with Crippen LogP contribution in [0.4, 0.5) is 13.2 Å². The molecular formula is C16H25F3N4O2S2. The van der Waals surface area contributed by atoms with Gasteiger partial charge in [0.1, 0.15) is 0 Å². The number of nitrogens with zero attached hydrogens (tertiary/aromatic N) is 2. The summed E-state index contributed by atoms with van der Waals surface area (Å²) in [7, 11) is -5.25. The van der Waals surface area contributed by atoms with Gasteiger partial charge in [0, 0.05) is 38.1 Å². The Balaban J connectivity index is 1.91. The van der Waals surface area contributed by atoms with E-state index in [4.69, 9.17) is 0 Å². The van der Waals surface area contributed by atoms with E-state index in [2.05, 4.69) is 34.0 Å². The zero-order valence-electron chi connectivity index (χ0n) is 15.3. The normalized spacial score (nSPS) is 19.1. The Morgan fingerprint density at radius 2 is 2.07 bits per heavy atom. The molecule has 0 saturated carbocycles. The Hall–Kier alpha value is -1.33. The maximum absolute atomic E-state index is 12.6. The van der Waals surface area contributed by atoms with Gasteiger partial charge in [-0.15, -0.1) is 0 Å². The number of nitrogens with one attached hydrogen (secondary N) is 2. The van der Waals surface area contributed by atoms with Crippen LogP contribution in [0.15, 0.2) is 21.8 Å². The molecule has 6 nitrogen and oxygen atoms in total. The topological polar surface area (TPSA) is 73.8 Å². The van der Waals surface area contributed by atoms with Crippen molar-refractivity contribution in [3.8, 4) is 0 Å². The molecule has 1 aromatic heterocycles. The lowest BCUT2D eigenvalue weighted by molar-refractivity contribution is -0.0494. The van der Waals surface area contributed by atoms with Crippen LogP contribution in [0.3, 0.4) is 0 Å². The fourth-order valence-corrected chi connectivity index (χ4v) is 4.56. The van der Waals surface area contributed by atoms with Gasteiger partial charge in [-0.1, -0.05) is 6.92 Å². The molecule has 0 amide bonds. The molecule has 1 saturated heterocycles. The van der Waals surface area contributed by atoms with E-state index in [1.807, 2.05) is 12.3 Å². The van der Waals surface area contributed by atoms with E-state index in [0.29, 0.717) is 36.2 Å². The number of alkyl halides is 3. The Morgan fingerprint density at radius 3 is 2.59 bits per heavy atom. The highest BCUT2D eigenvalue weighted by Crippen LogP contribution is 2.29. The minimum absolute atomic E-state index is 0.126. The second kappa shape index (κ2) is 9.24. The van der Waals surface area contributed by atoms with Crippen LogP contribution in [-0.4, -0.2) is 56.4 Å². The summed E-state index contributed by atoms with van der Waals surface area (Å²) in [4.78, 5) is 4.56. The molecule has 0 aromatic carbocycles. The van der Waals surface area contributed by atoms with Gasteiger partial charge in [-0.25, -0.2) is 8.42 Å². The summed E-state index contributed by atoms with van der Waals surface area (Å²) in [5, 5.41) is 10.4. The second-order valence-electron chi connectivity index (χ2n) is 6.45. The summed E-state index contributed by atoms with van der Waals surface area (Å²) in [6.07, 6.45) is 0.583. The van der Waals surface area contributed by atoms with E-state index in [9.17, 15) is 21.6 Å². The van der Waals surface area contributed by atoms with Crippen LogP contribution in [0.1, 0.15) is 38.2 Å². The number of hydrogen-bond acceptors (Lipinski definition) is 4. The summed E-state index contributed by atoms with van der Waals surface area (Å²) in [5.41, 5.74) is -4.04. The highest BCUT2D eigenvalue weighted by Gasteiger charge is 2.50. The smallest absolute Gasteiger partial charge is 0.357 e. The summed E-state index contributed by atoms with van der Waals surface area (Å²) >= 11 is 1.63. The van der Waals surface area contributed by atoms with Crippen LogP contribution < -0.4 is 10.6 Å². The molecule has 1 aliphatic rings. The summed E-state index contributed by atoms with van der Waals surface area (Å²) in [5.74, 6) is 0.849. The molecule has 1 fully saturated rings. The zero-order chi connectivity index (χ0) is 20.1. The highest BCUT2D eigenvalue weighted by molar-refractivity contribution is 7.90. The van der Waals surface area contributed by atoms with Gasteiger partial charge in [-0.3, -0.25) is 4.99 Å². The van der Waals surface area contributed by atoms with Gasteiger partial charge in [0.2, 0.25) is 0 Å². The fourth-order valence-electron chi connectivity index (χ4n) is 2.79. The van der Waals surface area contributed by atoms with E-state index in [1.54, 1.807) is 11.3 Å². The Morgan fingerprint density at radius 1 is 1.41 bits per heavy atom. The molecule has 2 heterocycles. The molecule has 1 atom stereocenters. The van der Waals surface area contributed by atoms with Crippen molar-refractivity contribution in [3.05, 3.63) is 22.4 Å². The molecular weight excluding hydrogens is 401 g/mol. The van der Waals surface area contributed by atoms with Crippen molar-refractivity contribution >= 4 is 27.3 Å². The molecule has 27 heavy (non-hydrogen) atoms. The van der Waals surface area contributed by atoms with Crippen LogP contribution in [0.5, 0.6) is 0 Å². The monoisotopic (exact) mass is 426 g/mol. The second-order valence-corrected chi connectivity index (χ2v) is 9.16. The van der Waals surface area contributed by atoms with Gasteiger partial charge >= 0.3 is 15.5 Å². The Labute approximate surface area is 161 Å². The Bertz CT molecular complexity index is 713. The number of piperidine rings is 1. The molecule has 2 N–H and O–H groups in total. The predicted octanol–water partition coefficient (Wildman–Crippen LogP) is 2.72. The van der Waals surface area contributed by atoms with E-state index < -0.39 is 15.5 Å². The van der Waals surface area contributed by atoms with Crippen molar-refractivity contribution in [2.75, 3.05) is 26.2 Å². The quantitative estimate of drug-likeness (QED) is 0.542. The predicted molar refractivity (Wildman–Crippen MR) is 101 cm³/mol. The zero-order valence-corrected chi connectivity index (χ0v) is 16.9. The molecule has 2 rings (SSSR count). The minimum Gasteiger partial charge on any atom is -0.357 e. The molecule has 1 aliphatic heterocycles. The highest BCUT2D eigenvalue weighted by atomic mass is 32.2. The lowest BCUT2D eigenvalue weighted by Gasteiger charge is -2.32. The number of sulfonamides is 1. The van der Waals surface area contributed by atoms with Crippen molar-refractivity contribution in [2.45, 2.75) is 44.2 Å². The average molecular weight is 427 g/mol. The molecule has 11 heteroatoms. The molecule has 0 bridgehead atoms. The van der Waals surface area contributed by atoms with Crippen LogP contribution in [0.2, 0.25) is 0 Å². The first-order chi connectivity index (χ1) is 12.6. The third kappa shape index (κ3) is 5.82. The van der Waals surface area contributed by atoms with Gasteiger partial charge < -0.3 is 10.6 Å². The van der Waals surface area contributed by atoms with E-state index in [1.165, 1.54) is 5.56 Å². The first-order valence-electron chi connectivity index (χ1n) is 8.78. The lowest BCUT2D eigenvalue weighted by Crippen LogP contribution is -2.51. The molecule has 154 valence electrons. The van der Waals surface area contributed by atoms with E-state index in [0.717, 1.165) is 0 Å². The van der Waals surface area contributed by atoms with Gasteiger partial charge in [-0.2, -0.15) is 28.8 Å². The van der Waals surface area contributed by atoms with Crippen LogP contribution in [0, 0.1) is 0 Å². The minimum atomic E-state index is -5.25. The van der Waals surface area contributed by atoms with Crippen molar-refractivity contribution in [3.63, 3.8) is 0 Å². The first-order valence-corrected chi connectivity index (χ1v) is 11.2. The Kier molecular flexibility index (Phi) is 7.52. The number of aliphatic imine (C=N–C) groups is 1. The number of thiophene rings is 1. The van der Waals surface area contributed by atoms with Gasteiger partial charge in [-0.05, 0) is 42.2 Å². The molecule has 0 aliphatic carbocycles. The van der Waals surface area contributed by atoms with Crippen molar-refractivity contribution < 1.29 is 21.6 Å². The average Bonchev–Trinajstić information content (AvgIpc) is 3.14. The number of guanidine groups is 1. The SMILES string of the molecule is CCNC(=NCC(C)c1ccsc1)NC1CCN(S(=O)(=O)C(F)(F)F)CC1. The first kappa shape index (κ1) is 22.0. The summed E-state index contributed by atoms with van der Waals surface area (Å²) in [6.45, 7) is 4.91. The van der Waals surface area contributed by atoms with Crippen molar-refractivity contribution in [2.24, 2.45) is 4.99 Å². The maximum Gasteiger partial charge on any atom is 0.511 e. The summed E-state index contributed by atoms with van der Waals surface area (Å²) in [6, 6.07) is 1.93. The van der Waals surface area contributed by atoms with Crippen LogP contribution in [-0.2, 0) is 10.0 Å². The van der Waals surface area contributed by atoms with Crippen molar-refractivity contribution in [1.82, 2.24) is 14.9 Å². The van der Waals surface area contributed by atoms with E-state index in [-0.39, 0.29) is 25.0 Å². The van der Waals surface area contributed by atoms with Gasteiger partial charge in [0.25, 0.3) is 0 Å². The van der Waals surface area contributed by atoms with Gasteiger partial charge in [0.05, 0.1) is 0 Å². The van der Waals surface area contributed by atoms with Crippen LogP contribution >= 0.6 is 11.3 Å². The third-order valence-corrected chi connectivity index (χ3v) is 6.74. The van der Waals surface area contributed by atoms with Crippen LogP contribution in [0.25, 0.3) is 0 Å². The lowest BCUT2D eigenvalue weighted by atomic mass is 10.1. The van der Waals surface area contributed by atoms with Crippen molar-refractivity contribution in [1.29, 1.82) is 0 Å². The standard InChI is InChI=1S/C16H25F3N4O2S2/c1-3-20-15(21-10-12(2)13-6-9-26-11-13)22-14-4-7-23(8-5-14)27(24,25)16(17,18)19/h6,9,11-12,14H,3-5,7-8,10H2,1-2H3,(H2,20,21,22). The number of rotatable bonds is 6. The van der Waals surface area contributed by atoms with Gasteiger partial charge in [0.15, 0.2) is 5.96 Å². The molecule has 0 radical (unpaired) electrons. The molecule has 1 aromatic rings. The third-order valence-electron chi connectivity index (χ3n) is 4.41. The summed E-state index contributed by atoms with van der Waals surface area (Å²) < 4.78 is 61.4.